The number of sulfonamides is 1. The Morgan fingerprint density at radius 2 is 1.76 bits per heavy atom. The van der Waals surface area contributed by atoms with Crippen LogP contribution in [0.25, 0.3) is 11.0 Å². The van der Waals surface area contributed by atoms with Crippen LogP contribution in [0.1, 0.15) is 31.7 Å². The molecular weight excluding hydrogens is 436 g/mol. The van der Waals surface area contributed by atoms with Gasteiger partial charge in [-0.2, -0.15) is 0 Å². The summed E-state index contributed by atoms with van der Waals surface area (Å²) in [7, 11) is -3.60. The average molecular weight is 471 g/mol. The van der Waals surface area contributed by atoms with E-state index in [9.17, 15) is 8.42 Å². The first-order valence-electron chi connectivity index (χ1n) is 11.6. The smallest absolute Gasteiger partial charge is 0.240 e. The lowest BCUT2D eigenvalue weighted by Gasteiger charge is -2.31. The van der Waals surface area contributed by atoms with Gasteiger partial charge in [-0.25, -0.2) is 18.1 Å². The third-order valence-electron chi connectivity index (χ3n) is 6.08. The van der Waals surface area contributed by atoms with Crippen LogP contribution in [0.3, 0.4) is 0 Å². The largest absolute Gasteiger partial charge is 0.379 e. The predicted molar refractivity (Wildman–Crippen MR) is 131 cm³/mol. The number of aryl methyl sites for hydroxylation is 1. The Balaban J connectivity index is 1.47. The van der Waals surface area contributed by atoms with Crippen molar-refractivity contribution in [1.29, 1.82) is 0 Å². The minimum atomic E-state index is -3.60. The van der Waals surface area contributed by atoms with Gasteiger partial charge in [-0.3, -0.25) is 4.90 Å². The molecule has 4 rings (SSSR count). The third-order valence-corrected chi connectivity index (χ3v) is 7.62. The van der Waals surface area contributed by atoms with Crippen LogP contribution in [0.15, 0.2) is 53.4 Å². The zero-order valence-corrected chi connectivity index (χ0v) is 20.5. The second kappa shape index (κ2) is 10.3. The van der Waals surface area contributed by atoms with Gasteiger partial charge in [-0.1, -0.05) is 38.1 Å². The Labute approximate surface area is 196 Å². The van der Waals surface area contributed by atoms with Crippen molar-refractivity contribution in [2.45, 2.75) is 44.7 Å². The van der Waals surface area contributed by atoms with E-state index in [2.05, 4.69) is 39.1 Å². The molecule has 1 N–H and O–H groups in total. The molecule has 7 nitrogen and oxygen atoms in total. The Hall–Kier alpha value is -2.26. The van der Waals surface area contributed by atoms with Gasteiger partial charge in [-0.15, -0.1) is 0 Å². The van der Waals surface area contributed by atoms with Crippen LogP contribution in [0, 0.1) is 12.8 Å². The zero-order valence-electron chi connectivity index (χ0n) is 19.7. The molecule has 1 fully saturated rings. The number of para-hydroxylation sites is 2. The molecule has 1 aromatic heterocycles. The molecule has 0 unspecified atom stereocenters. The number of nitrogens with one attached hydrogen (secondary N) is 1. The zero-order chi connectivity index (χ0) is 23.4. The van der Waals surface area contributed by atoms with Crippen molar-refractivity contribution in [3.8, 4) is 0 Å². The Bertz CT molecular complexity index is 1170. The van der Waals surface area contributed by atoms with Crippen molar-refractivity contribution in [2.75, 3.05) is 32.8 Å². The molecule has 0 saturated carbocycles. The molecule has 33 heavy (non-hydrogen) atoms. The SMILES string of the molecule is Cc1nc2ccccc2n1Cc1ccc(S(=O)(=O)N[C@@H](CC(C)C)CN2CCOCC2)cc1. The molecule has 0 aliphatic carbocycles. The summed E-state index contributed by atoms with van der Waals surface area (Å²) in [5.41, 5.74) is 3.08. The molecule has 1 aliphatic heterocycles. The lowest BCUT2D eigenvalue weighted by Crippen LogP contribution is -2.47. The van der Waals surface area contributed by atoms with E-state index in [0.29, 0.717) is 37.1 Å². The fourth-order valence-electron chi connectivity index (χ4n) is 4.46. The fraction of sp³-hybridized carbons (Fsp3) is 0.480. The summed E-state index contributed by atoms with van der Waals surface area (Å²) >= 11 is 0. The minimum absolute atomic E-state index is 0.132. The molecule has 2 aromatic carbocycles. The molecule has 0 bridgehead atoms. The van der Waals surface area contributed by atoms with Crippen LogP contribution >= 0.6 is 0 Å². The van der Waals surface area contributed by atoms with Crippen molar-refractivity contribution in [2.24, 2.45) is 5.92 Å². The standard InChI is InChI=1S/C25H34N4O3S/c1-19(2)16-22(18-28-12-14-32-15-13-28)27-33(30,31)23-10-8-21(9-11-23)17-29-20(3)26-24-6-4-5-7-25(24)29/h4-11,19,22,27H,12-18H2,1-3H3/t22-/m0/s1. The lowest BCUT2D eigenvalue weighted by atomic mass is 10.0. The highest BCUT2D eigenvalue weighted by Crippen LogP contribution is 2.19. The van der Waals surface area contributed by atoms with Gasteiger partial charge in [0, 0.05) is 32.2 Å². The summed E-state index contributed by atoms with van der Waals surface area (Å²) in [6.07, 6.45) is 0.793. The van der Waals surface area contributed by atoms with Crippen molar-refractivity contribution in [3.63, 3.8) is 0 Å². The normalized spacial score (nSPS) is 16.5. The molecule has 2 heterocycles. The highest BCUT2D eigenvalue weighted by atomic mass is 32.2. The maximum atomic E-state index is 13.2. The van der Waals surface area contributed by atoms with Crippen molar-refractivity contribution < 1.29 is 13.2 Å². The van der Waals surface area contributed by atoms with Crippen LogP contribution in [0.5, 0.6) is 0 Å². The maximum absolute atomic E-state index is 13.2. The first kappa shape index (κ1) is 23.9. The molecule has 0 spiro atoms. The van der Waals surface area contributed by atoms with Gasteiger partial charge < -0.3 is 9.30 Å². The molecule has 0 radical (unpaired) electrons. The third kappa shape index (κ3) is 6.00. The summed E-state index contributed by atoms with van der Waals surface area (Å²) in [4.78, 5) is 7.19. The van der Waals surface area contributed by atoms with E-state index < -0.39 is 10.0 Å². The number of rotatable bonds is 9. The van der Waals surface area contributed by atoms with Crippen LogP contribution in [0.4, 0.5) is 0 Å². The van der Waals surface area contributed by atoms with Crippen LogP contribution in [0.2, 0.25) is 0 Å². The Kier molecular flexibility index (Phi) is 7.48. The monoisotopic (exact) mass is 470 g/mol. The number of hydrogen-bond donors (Lipinski definition) is 1. The van der Waals surface area contributed by atoms with Gasteiger partial charge in [0.25, 0.3) is 0 Å². The predicted octanol–water partition coefficient (Wildman–Crippen LogP) is 3.42. The number of benzene rings is 2. The molecule has 1 atom stereocenters. The van der Waals surface area contributed by atoms with Gasteiger partial charge in [0.15, 0.2) is 0 Å². The van der Waals surface area contributed by atoms with E-state index in [1.165, 1.54) is 0 Å². The first-order valence-corrected chi connectivity index (χ1v) is 13.1. The highest BCUT2D eigenvalue weighted by molar-refractivity contribution is 7.89. The fourth-order valence-corrected chi connectivity index (χ4v) is 5.70. The van der Waals surface area contributed by atoms with Gasteiger partial charge >= 0.3 is 0 Å². The van der Waals surface area contributed by atoms with Crippen molar-refractivity contribution >= 4 is 21.1 Å². The number of imidazole rings is 1. The second-order valence-electron chi connectivity index (χ2n) is 9.24. The molecule has 0 amide bonds. The Morgan fingerprint density at radius 1 is 1.06 bits per heavy atom. The Morgan fingerprint density at radius 3 is 2.45 bits per heavy atom. The van der Waals surface area contributed by atoms with Gasteiger partial charge in [0.1, 0.15) is 5.82 Å². The molecule has 8 heteroatoms. The first-order chi connectivity index (χ1) is 15.8. The number of ether oxygens (including phenoxy) is 1. The molecule has 178 valence electrons. The van der Waals surface area contributed by atoms with Crippen LogP contribution in [-0.4, -0.2) is 61.8 Å². The van der Waals surface area contributed by atoms with E-state index in [-0.39, 0.29) is 6.04 Å². The highest BCUT2D eigenvalue weighted by Gasteiger charge is 2.24. The topological polar surface area (TPSA) is 76.5 Å². The van der Waals surface area contributed by atoms with E-state index in [4.69, 9.17) is 4.74 Å². The molecule has 1 aliphatic rings. The van der Waals surface area contributed by atoms with Crippen LogP contribution < -0.4 is 4.72 Å². The van der Waals surface area contributed by atoms with Crippen LogP contribution in [-0.2, 0) is 21.3 Å². The minimum Gasteiger partial charge on any atom is -0.379 e. The summed E-state index contributed by atoms with van der Waals surface area (Å²) in [5.74, 6) is 1.34. The van der Waals surface area contributed by atoms with Crippen molar-refractivity contribution in [1.82, 2.24) is 19.2 Å². The number of hydrogen-bond acceptors (Lipinski definition) is 5. The number of morpholine rings is 1. The average Bonchev–Trinajstić information content (AvgIpc) is 3.09. The maximum Gasteiger partial charge on any atom is 0.240 e. The summed E-state index contributed by atoms with van der Waals surface area (Å²) < 4.78 is 36.8. The molecule has 3 aromatic rings. The number of fused-ring (bicyclic) bond motifs is 1. The van der Waals surface area contributed by atoms with Gasteiger partial charge in [0.2, 0.25) is 10.0 Å². The summed E-state index contributed by atoms with van der Waals surface area (Å²) in [6.45, 7) is 10.7. The lowest BCUT2D eigenvalue weighted by molar-refractivity contribution is 0.0337. The van der Waals surface area contributed by atoms with E-state index in [1.54, 1.807) is 12.1 Å². The molecule has 1 saturated heterocycles. The number of nitrogens with zero attached hydrogens (tertiary/aromatic N) is 3. The number of aromatic nitrogens is 2. The molecular formula is C25H34N4O3S. The van der Waals surface area contributed by atoms with Gasteiger partial charge in [0.05, 0.1) is 29.1 Å². The quantitative estimate of drug-likeness (QED) is 0.519. The van der Waals surface area contributed by atoms with E-state index in [0.717, 1.165) is 41.9 Å². The van der Waals surface area contributed by atoms with Gasteiger partial charge in [-0.05, 0) is 49.1 Å². The van der Waals surface area contributed by atoms with E-state index >= 15 is 0 Å². The second-order valence-corrected chi connectivity index (χ2v) is 11.0. The summed E-state index contributed by atoms with van der Waals surface area (Å²) in [6, 6.07) is 15.1. The van der Waals surface area contributed by atoms with Crippen molar-refractivity contribution in [3.05, 3.63) is 59.9 Å². The van der Waals surface area contributed by atoms with E-state index in [1.807, 2.05) is 37.3 Å². The summed E-state index contributed by atoms with van der Waals surface area (Å²) in [5, 5.41) is 0.